The molecule has 0 saturated heterocycles. The molecule has 0 unspecified atom stereocenters. The van der Waals surface area contributed by atoms with Crippen molar-refractivity contribution in [3.8, 4) is 5.75 Å². The second-order valence-electron chi connectivity index (χ2n) is 3.82. The first kappa shape index (κ1) is 12.5. The molecule has 0 aliphatic carbocycles. The molecule has 2 N–H and O–H groups in total. The number of hydrogen-bond donors (Lipinski definition) is 2. The molecule has 88 valence electrons. The minimum atomic E-state index is -0.199. The molecule has 0 heterocycles. The molecule has 0 spiro atoms. The predicted molar refractivity (Wildman–Crippen MR) is 63.6 cm³/mol. The van der Waals surface area contributed by atoms with E-state index in [9.17, 15) is 4.79 Å². The number of rotatable bonds is 4. The van der Waals surface area contributed by atoms with E-state index in [1.807, 2.05) is 12.1 Å². The predicted octanol–water partition coefficient (Wildman–Crippen LogP) is 1.68. The molecule has 0 saturated carbocycles. The summed E-state index contributed by atoms with van der Waals surface area (Å²) < 4.78 is 5.22. The van der Waals surface area contributed by atoms with E-state index in [2.05, 4.69) is 24.7 Å². The minimum absolute atomic E-state index is 0.199. The highest BCUT2D eigenvalue weighted by Gasteiger charge is 2.12. The van der Waals surface area contributed by atoms with Crippen LogP contribution in [-0.2, 0) is 0 Å². The van der Waals surface area contributed by atoms with E-state index in [-0.39, 0.29) is 5.91 Å². The molecule has 4 nitrogen and oxygen atoms in total. The van der Waals surface area contributed by atoms with Crippen LogP contribution < -0.4 is 15.6 Å². The zero-order valence-electron chi connectivity index (χ0n) is 10.1. The van der Waals surface area contributed by atoms with Crippen LogP contribution in [0, 0.1) is 0 Å². The van der Waals surface area contributed by atoms with Gasteiger partial charge in [0.05, 0.1) is 12.7 Å². The Bertz CT molecular complexity index is 375. The van der Waals surface area contributed by atoms with Crippen molar-refractivity contribution < 1.29 is 9.53 Å². The van der Waals surface area contributed by atoms with Crippen LogP contribution >= 0.6 is 0 Å². The molecule has 0 aliphatic rings. The highest BCUT2D eigenvalue weighted by atomic mass is 16.5. The van der Waals surface area contributed by atoms with Gasteiger partial charge in [-0.3, -0.25) is 10.2 Å². The maximum atomic E-state index is 11.7. The molecule has 0 fully saturated rings. The summed E-state index contributed by atoms with van der Waals surface area (Å²) in [4.78, 5) is 11.7. The van der Waals surface area contributed by atoms with Gasteiger partial charge in [0.15, 0.2) is 0 Å². The molecule has 0 atom stereocenters. The van der Waals surface area contributed by atoms with Crippen molar-refractivity contribution in [3.05, 3.63) is 29.3 Å². The van der Waals surface area contributed by atoms with Crippen molar-refractivity contribution in [3.63, 3.8) is 0 Å². The first-order chi connectivity index (χ1) is 7.60. The van der Waals surface area contributed by atoms with Crippen molar-refractivity contribution >= 4 is 5.91 Å². The summed E-state index contributed by atoms with van der Waals surface area (Å²) >= 11 is 0. The van der Waals surface area contributed by atoms with Crippen LogP contribution in [0.15, 0.2) is 18.2 Å². The lowest BCUT2D eigenvalue weighted by Gasteiger charge is -2.12. The van der Waals surface area contributed by atoms with Gasteiger partial charge in [0.25, 0.3) is 5.91 Å². The third kappa shape index (κ3) is 2.73. The number of nitrogens with one attached hydrogen (secondary N) is 2. The Morgan fingerprint density at radius 1 is 1.38 bits per heavy atom. The summed E-state index contributed by atoms with van der Waals surface area (Å²) in [5, 5.41) is 0. The summed E-state index contributed by atoms with van der Waals surface area (Å²) in [6, 6.07) is 5.62. The summed E-state index contributed by atoms with van der Waals surface area (Å²) in [7, 11) is 3.21. The number of ether oxygens (including phenoxy) is 1. The van der Waals surface area contributed by atoms with Crippen molar-refractivity contribution in [1.82, 2.24) is 10.9 Å². The summed E-state index contributed by atoms with van der Waals surface area (Å²) in [5.74, 6) is 0.809. The number of hydrogen-bond acceptors (Lipinski definition) is 3. The van der Waals surface area contributed by atoms with E-state index < -0.39 is 0 Å². The average molecular weight is 222 g/mol. The molecule has 0 aromatic heterocycles. The lowest BCUT2D eigenvalue weighted by molar-refractivity contribution is 0.0935. The molecule has 1 aromatic rings. The summed E-state index contributed by atoms with van der Waals surface area (Å²) in [6.07, 6.45) is 0. The molecule has 16 heavy (non-hydrogen) atoms. The highest BCUT2D eigenvalue weighted by Crippen LogP contribution is 2.24. The minimum Gasteiger partial charge on any atom is -0.496 e. The van der Waals surface area contributed by atoms with Gasteiger partial charge < -0.3 is 4.74 Å². The van der Waals surface area contributed by atoms with Crippen LogP contribution in [-0.4, -0.2) is 20.1 Å². The molecule has 1 aromatic carbocycles. The normalized spacial score (nSPS) is 10.3. The number of methoxy groups -OCH3 is 1. The second-order valence-corrected chi connectivity index (χ2v) is 3.82. The number of benzene rings is 1. The monoisotopic (exact) mass is 222 g/mol. The van der Waals surface area contributed by atoms with Crippen molar-refractivity contribution in [2.24, 2.45) is 0 Å². The van der Waals surface area contributed by atoms with Gasteiger partial charge in [0.2, 0.25) is 0 Å². The smallest absolute Gasteiger partial charge is 0.269 e. The lowest BCUT2D eigenvalue weighted by Crippen LogP contribution is -2.34. The third-order valence-corrected chi connectivity index (χ3v) is 2.38. The third-order valence-electron chi connectivity index (χ3n) is 2.38. The zero-order chi connectivity index (χ0) is 12.1. The van der Waals surface area contributed by atoms with Crippen molar-refractivity contribution in [1.29, 1.82) is 0 Å². The molecule has 1 amide bonds. The van der Waals surface area contributed by atoms with Gasteiger partial charge in [-0.15, -0.1) is 0 Å². The molecule has 0 radical (unpaired) electrons. The number of hydrazine groups is 1. The van der Waals surface area contributed by atoms with Gasteiger partial charge in [-0.05, 0) is 23.6 Å². The van der Waals surface area contributed by atoms with Gasteiger partial charge in [0.1, 0.15) is 5.75 Å². The van der Waals surface area contributed by atoms with E-state index in [1.165, 1.54) is 0 Å². The maximum absolute atomic E-state index is 11.7. The Balaban J connectivity index is 3.06. The van der Waals surface area contributed by atoms with Gasteiger partial charge in [-0.25, -0.2) is 5.43 Å². The van der Waals surface area contributed by atoms with Crippen LogP contribution in [0.1, 0.15) is 35.7 Å². The van der Waals surface area contributed by atoms with Gasteiger partial charge in [0, 0.05) is 7.05 Å². The first-order valence-corrected chi connectivity index (χ1v) is 5.25. The fraction of sp³-hybridized carbons (Fsp3) is 0.417. The van der Waals surface area contributed by atoms with Crippen LogP contribution in [0.4, 0.5) is 0 Å². The lowest BCUT2D eigenvalue weighted by atomic mass is 10.0. The van der Waals surface area contributed by atoms with E-state index in [0.29, 0.717) is 17.2 Å². The van der Waals surface area contributed by atoms with Gasteiger partial charge >= 0.3 is 0 Å². The van der Waals surface area contributed by atoms with E-state index in [1.54, 1.807) is 20.2 Å². The Hall–Kier alpha value is -1.55. The fourth-order valence-corrected chi connectivity index (χ4v) is 1.44. The second kappa shape index (κ2) is 5.51. The van der Waals surface area contributed by atoms with E-state index in [4.69, 9.17) is 4.74 Å². The standard InChI is InChI=1S/C12H18N2O2/c1-8(2)9-5-6-10(11(7-9)16-4)12(15)14-13-3/h5-8,13H,1-4H3,(H,14,15). The van der Waals surface area contributed by atoms with Gasteiger partial charge in [-0.2, -0.15) is 0 Å². The molecular weight excluding hydrogens is 204 g/mol. The zero-order valence-corrected chi connectivity index (χ0v) is 10.1. The van der Waals surface area contributed by atoms with Crippen LogP contribution in [0.25, 0.3) is 0 Å². The van der Waals surface area contributed by atoms with Crippen LogP contribution in [0.5, 0.6) is 5.75 Å². The van der Waals surface area contributed by atoms with Gasteiger partial charge in [-0.1, -0.05) is 19.9 Å². The maximum Gasteiger partial charge on any atom is 0.269 e. The SMILES string of the molecule is CNNC(=O)c1ccc(C(C)C)cc1OC. The van der Waals surface area contributed by atoms with E-state index >= 15 is 0 Å². The molecule has 0 aliphatic heterocycles. The van der Waals surface area contributed by atoms with Crippen molar-refractivity contribution in [2.45, 2.75) is 19.8 Å². The number of carbonyl (C=O) groups excluding carboxylic acids is 1. The molecule has 4 heteroatoms. The topological polar surface area (TPSA) is 50.4 Å². The largest absolute Gasteiger partial charge is 0.496 e. The Kier molecular flexibility index (Phi) is 4.31. The fourth-order valence-electron chi connectivity index (χ4n) is 1.44. The molecule has 1 rings (SSSR count). The van der Waals surface area contributed by atoms with Crippen molar-refractivity contribution in [2.75, 3.05) is 14.2 Å². The number of carbonyl (C=O) groups is 1. The average Bonchev–Trinajstić information content (AvgIpc) is 2.28. The van der Waals surface area contributed by atoms with Crippen LogP contribution in [0.3, 0.4) is 0 Å². The Morgan fingerprint density at radius 3 is 2.56 bits per heavy atom. The van der Waals surface area contributed by atoms with E-state index in [0.717, 1.165) is 5.56 Å². The number of amides is 1. The Morgan fingerprint density at radius 2 is 2.06 bits per heavy atom. The summed E-state index contributed by atoms with van der Waals surface area (Å²) in [5.41, 5.74) is 6.80. The quantitative estimate of drug-likeness (QED) is 0.762. The molecular formula is C12H18N2O2. The summed E-state index contributed by atoms with van der Waals surface area (Å²) in [6.45, 7) is 4.20. The Labute approximate surface area is 96.0 Å². The molecule has 0 bridgehead atoms. The highest BCUT2D eigenvalue weighted by molar-refractivity contribution is 5.96. The first-order valence-electron chi connectivity index (χ1n) is 5.25. The van der Waals surface area contributed by atoms with Crippen LogP contribution in [0.2, 0.25) is 0 Å².